The molecule has 2 fully saturated rings. The number of amides is 1. The highest BCUT2D eigenvalue weighted by molar-refractivity contribution is 7.89. The Morgan fingerprint density at radius 1 is 1.39 bits per heavy atom. The number of nitrogens with zero attached hydrogens (tertiary/aromatic N) is 2. The van der Waals surface area contributed by atoms with Crippen molar-refractivity contribution in [3.8, 4) is 0 Å². The second-order valence-electron chi connectivity index (χ2n) is 7.59. The van der Waals surface area contributed by atoms with Crippen LogP contribution >= 0.6 is 11.6 Å². The molecule has 2 saturated heterocycles. The Balaban J connectivity index is 1.47. The third-order valence-electron chi connectivity index (χ3n) is 5.50. The number of carbonyl (C=O) groups is 1. The molecule has 0 saturated carbocycles. The minimum atomic E-state index is -3.69. The minimum Gasteiger partial charge on any atom is -0.378 e. The average Bonchev–Trinajstić information content (AvgIpc) is 3.20. The second-order valence-corrected chi connectivity index (χ2v) is 9.86. The molecule has 2 unspecified atom stereocenters. The lowest BCUT2D eigenvalue weighted by Gasteiger charge is -2.31. The molecule has 2 aliphatic rings. The largest absolute Gasteiger partial charge is 0.378 e. The molecule has 2 aliphatic heterocycles. The predicted octanol–water partition coefficient (Wildman–Crippen LogP) is 2.60. The van der Waals surface area contributed by atoms with E-state index in [4.69, 9.17) is 16.3 Å². The molecule has 156 valence electrons. The van der Waals surface area contributed by atoms with Crippen LogP contribution < -0.4 is 5.32 Å². The molecule has 0 spiro atoms. The minimum absolute atomic E-state index is 0.0105. The lowest BCUT2D eigenvalue weighted by atomic mass is 9.96. The van der Waals surface area contributed by atoms with Crippen LogP contribution in [0.4, 0.5) is 0 Å². The smallest absolute Gasteiger partial charge is 0.246 e. The summed E-state index contributed by atoms with van der Waals surface area (Å²) in [6.45, 7) is 3.46. The molecular formula is C19H28ClN3O4S. The van der Waals surface area contributed by atoms with E-state index < -0.39 is 10.0 Å². The Kier molecular flexibility index (Phi) is 7.31. The van der Waals surface area contributed by atoms with Gasteiger partial charge in [0.2, 0.25) is 15.9 Å². The van der Waals surface area contributed by atoms with E-state index in [0.29, 0.717) is 32.0 Å². The molecule has 0 radical (unpaired) electrons. The molecule has 3 heterocycles. The predicted molar refractivity (Wildman–Crippen MR) is 107 cm³/mol. The van der Waals surface area contributed by atoms with Crippen molar-refractivity contribution in [2.45, 2.75) is 62.5 Å². The fourth-order valence-electron chi connectivity index (χ4n) is 3.80. The van der Waals surface area contributed by atoms with E-state index in [1.807, 2.05) is 6.92 Å². The van der Waals surface area contributed by atoms with E-state index in [2.05, 4.69) is 10.3 Å². The number of hydrogen-bond donors (Lipinski definition) is 1. The molecule has 3 rings (SSSR count). The van der Waals surface area contributed by atoms with Crippen LogP contribution in [0.15, 0.2) is 23.2 Å². The molecule has 1 aromatic rings. The lowest BCUT2D eigenvalue weighted by molar-refractivity contribution is -0.126. The van der Waals surface area contributed by atoms with Crippen LogP contribution in [-0.2, 0) is 19.6 Å². The number of pyridine rings is 1. The summed E-state index contributed by atoms with van der Waals surface area (Å²) in [7, 11) is -3.69. The third kappa shape index (κ3) is 5.23. The van der Waals surface area contributed by atoms with Crippen LogP contribution in [-0.4, -0.2) is 55.5 Å². The van der Waals surface area contributed by atoms with Crippen molar-refractivity contribution in [1.82, 2.24) is 14.6 Å². The van der Waals surface area contributed by atoms with Crippen molar-refractivity contribution in [2.24, 2.45) is 5.92 Å². The zero-order valence-electron chi connectivity index (χ0n) is 16.1. The average molecular weight is 430 g/mol. The Hall–Kier alpha value is -1.22. The van der Waals surface area contributed by atoms with E-state index in [1.54, 1.807) is 6.07 Å². The topological polar surface area (TPSA) is 88.6 Å². The first-order valence-corrected chi connectivity index (χ1v) is 11.7. The van der Waals surface area contributed by atoms with Gasteiger partial charge in [-0.2, -0.15) is 4.31 Å². The first kappa shape index (κ1) is 21.5. The number of rotatable bonds is 7. The van der Waals surface area contributed by atoms with Crippen LogP contribution in [0.1, 0.15) is 45.4 Å². The monoisotopic (exact) mass is 429 g/mol. The van der Waals surface area contributed by atoms with Crippen molar-refractivity contribution < 1.29 is 17.9 Å². The fraction of sp³-hybridized carbons (Fsp3) is 0.684. The van der Waals surface area contributed by atoms with Crippen LogP contribution in [0.2, 0.25) is 5.15 Å². The van der Waals surface area contributed by atoms with Crippen molar-refractivity contribution >= 4 is 27.5 Å². The maximum absolute atomic E-state index is 12.8. The first-order valence-electron chi connectivity index (χ1n) is 9.90. The van der Waals surface area contributed by atoms with Gasteiger partial charge in [0.1, 0.15) is 10.0 Å². The molecule has 2 atom stereocenters. The lowest BCUT2D eigenvalue weighted by Crippen LogP contribution is -2.44. The van der Waals surface area contributed by atoms with E-state index in [9.17, 15) is 13.2 Å². The summed E-state index contributed by atoms with van der Waals surface area (Å²) in [5, 5.41) is 3.05. The van der Waals surface area contributed by atoms with E-state index in [0.717, 1.165) is 32.3 Å². The molecule has 9 heteroatoms. The SMILES string of the molecule is CC(CCC1CCCO1)NC(=O)C1CCN(S(=O)(=O)c2cccnc2Cl)CC1. The van der Waals surface area contributed by atoms with Gasteiger partial charge < -0.3 is 10.1 Å². The fourth-order valence-corrected chi connectivity index (χ4v) is 5.70. The highest BCUT2D eigenvalue weighted by atomic mass is 35.5. The van der Waals surface area contributed by atoms with Crippen molar-refractivity contribution in [3.63, 3.8) is 0 Å². The van der Waals surface area contributed by atoms with Crippen molar-refractivity contribution in [1.29, 1.82) is 0 Å². The molecule has 0 aromatic carbocycles. The van der Waals surface area contributed by atoms with Gasteiger partial charge in [-0.25, -0.2) is 13.4 Å². The van der Waals surface area contributed by atoms with E-state index in [-0.39, 0.29) is 27.9 Å². The molecule has 7 nitrogen and oxygen atoms in total. The Morgan fingerprint density at radius 3 is 2.79 bits per heavy atom. The molecular weight excluding hydrogens is 402 g/mol. The number of piperidine rings is 1. The summed E-state index contributed by atoms with van der Waals surface area (Å²) in [6.07, 6.45) is 6.87. The number of halogens is 1. The van der Waals surface area contributed by atoms with Crippen LogP contribution in [0, 0.1) is 5.92 Å². The quantitative estimate of drug-likeness (QED) is 0.673. The summed E-state index contributed by atoms with van der Waals surface area (Å²) in [4.78, 5) is 16.4. The Bertz CT molecular complexity index is 775. The zero-order chi connectivity index (χ0) is 20.1. The zero-order valence-corrected chi connectivity index (χ0v) is 17.7. The van der Waals surface area contributed by atoms with Crippen LogP contribution in [0.25, 0.3) is 0 Å². The summed E-state index contributed by atoms with van der Waals surface area (Å²) in [5.41, 5.74) is 0. The van der Waals surface area contributed by atoms with Gasteiger partial charge in [0, 0.05) is 37.9 Å². The van der Waals surface area contributed by atoms with E-state index in [1.165, 1.54) is 16.6 Å². The standard InChI is InChI=1S/C19H28ClN3O4S/c1-14(6-7-16-4-3-13-27-16)22-19(24)15-8-11-23(12-9-15)28(25,26)17-5-2-10-21-18(17)20/h2,5,10,14-16H,3-4,6-9,11-13H2,1H3,(H,22,24). The number of carbonyl (C=O) groups excluding carboxylic acids is 1. The number of ether oxygens (including phenoxy) is 1. The molecule has 0 bridgehead atoms. The van der Waals surface area contributed by atoms with Crippen LogP contribution in [0.5, 0.6) is 0 Å². The number of aromatic nitrogens is 1. The maximum Gasteiger partial charge on any atom is 0.246 e. The molecule has 0 aliphatic carbocycles. The summed E-state index contributed by atoms with van der Waals surface area (Å²) in [6, 6.07) is 3.10. The third-order valence-corrected chi connectivity index (χ3v) is 7.85. The maximum atomic E-state index is 12.8. The van der Waals surface area contributed by atoms with Crippen molar-refractivity contribution in [3.05, 3.63) is 23.5 Å². The van der Waals surface area contributed by atoms with Crippen molar-refractivity contribution in [2.75, 3.05) is 19.7 Å². The second kappa shape index (κ2) is 9.52. The number of nitrogens with one attached hydrogen (secondary N) is 1. The molecule has 28 heavy (non-hydrogen) atoms. The Labute approximate surface area is 171 Å². The highest BCUT2D eigenvalue weighted by Crippen LogP contribution is 2.27. The van der Waals surface area contributed by atoms with Gasteiger partial charge in [-0.05, 0) is 57.6 Å². The van der Waals surface area contributed by atoms with Gasteiger partial charge in [0.25, 0.3) is 0 Å². The normalized spacial score (nSPS) is 22.9. The van der Waals surface area contributed by atoms with Gasteiger partial charge in [-0.3, -0.25) is 4.79 Å². The van der Waals surface area contributed by atoms with E-state index >= 15 is 0 Å². The number of hydrogen-bond acceptors (Lipinski definition) is 5. The van der Waals surface area contributed by atoms with Crippen LogP contribution in [0.3, 0.4) is 0 Å². The molecule has 1 aromatic heterocycles. The van der Waals surface area contributed by atoms with Gasteiger partial charge >= 0.3 is 0 Å². The summed E-state index contributed by atoms with van der Waals surface area (Å²) in [5.74, 6) is -0.155. The first-order chi connectivity index (χ1) is 13.4. The summed E-state index contributed by atoms with van der Waals surface area (Å²) < 4.78 is 32.5. The van der Waals surface area contributed by atoms with Gasteiger partial charge in [0.15, 0.2) is 0 Å². The van der Waals surface area contributed by atoms with Gasteiger partial charge in [-0.1, -0.05) is 11.6 Å². The molecule has 1 amide bonds. The summed E-state index contributed by atoms with van der Waals surface area (Å²) >= 11 is 5.95. The van der Waals surface area contributed by atoms with Gasteiger partial charge in [0.05, 0.1) is 6.10 Å². The number of sulfonamides is 1. The highest BCUT2D eigenvalue weighted by Gasteiger charge is 2.33. The molecule has 1 N–H and O–H groups in total. The van der Waals surface area contributed by atoms with Gasteiger partial charge in [-0.15, -0.1) is 0 Å². The Morgan fingerprint density at radius 2 is 2.14 bits per heavy atom.